The first kappa shape index (κ1) is 13.3. The molecule has 104 valence electrons. The smallest absolute Gasteiger partial charge is 0.113 e. The van der Waals surface area contributed by atoms with E-state index in [9.17, 15) is 5.11 Å². The molecule has 0 spiro atoms. The molecular weight excluding hydrogens is 246 g/mol. The minimum atomic E-state index is -0.857. The molecule has 0 saturated carbocycles. The predicted molar refractivity (Wildman–Crippen MR) is 81.4 cm³/mol. The largest absolute Gasteiger partial charge is 0.383 e. The fourth-order valence-corrected chi connectivity index (χ4v) is 3.47. The van der Waals surface area contributed by atoms with Crippen LogP contribution in [0.1, 0.15) is 24.5 Å². The lowest BCUT2D eigenvalue weighted by Crippen LogP contribution is -2.50. The lowest BCUT2D eigenvalue weighted by molar-refractivity contribution is -0.0570. The van der Waals surface area contributed by atoms with Crippen LogP contribution >= 0.6 is 0 Å². The van der Waals surface area contributed by atoms with E-state index in [1.54, 1.807) is 0 Å². The Bertz CT molecular complexity index is 583. The van der Waals surface area contributed by atoms with E-state index in [0.29, 0.717) is 0 Å². The van der Waals surface area contributed by atoms with Crippen LogP contribution in [0.25, 0.3) is 0 Å². The van der Waals surface area contributed by atoms with Crippen molar-refractivity contribution in [3.05, 3.63) is 71.8 Å². The van der Waals surface area contributed by atoms with Crippen LogP contribution in [0.5, 0.6) is 0 Å². The molecule has 1 aliphatic rings. The van der Waals surface area contributed by atoms with Gasteiger partial charge in [0, 0.05) is 6.54 Å². The highest BCUT2D eigenvalue weighted by Gasteiger charge is 2.55. The second-order valence-corrected chi connectivity index (χ2v) is 5.84. The third-order valence-corrected chi connectivity index (χ3v) is 4.97. The van der Waals surface area contributed by atoms with Gasteiger partial charge in [-0.25, -0.2) is 0 Å². The Labute approximate surface area is 120 Å². The monoisotopic (exact) mass is 267 g/mol. The van der Waals surface area contributed by atoms with Gasteiger partial charge in [-0.1, -0.05) is 60.7 Å². The van der Waals surface area contributed by atoms with Gasteiger partial charge < -0.3 is 5.11 Å². The summed E-state index contributed by atoms with van der Waals surface area (Å²) in [5.41, 5.74) is 0.891. The summed E-state index contributed by atoms with van der Waals surface area (Å²) in [6.07, 6.45) is 0.749. The first-order chi connectivity index (χ1) is 9.59. The Kier molecular flexibility index (Phi) is 3.15. The molecule has 1 aliphatic heterocycles. The van der Waals surface area contributed by atoms with E-state index in [4.69, 9.17) is 0 Å². The van der Waals surface area contributed by atoms with Gasteiger partial charge in [-0.3, -0.25) is 4.90 Å². The number of aliphatic hydroxyl groups is 1. The zero-order chi connectivity index (χ0) is 14.2. The average molecular weight is 267 g/mol. The van der Waals surface area contributed by atoms with E-state index >= 15 is 0 Å². The van der Waals surface area contributed by atoms with Crippen LogP contribution in [-0.2, 0) is 11.1 Å². The normalized spacial score (nSPS) is 30.6. The van der Waals surface area contributed by atoms with Crippen molar-refractivity contribution < 1.29 is 5.11 Å². The molecule has 2 nitrogen and oxygen atoms in total. The summed E-state index contributed by atoms with van der Waals surface area (Å²) in [5, 5.41) is 11.5. The van der Waals surface area contributed by atoms with E-state index in [0.717, 1.165) is 24.1 Å². The van der Waals surface area contributed by atoms with E-state index in [-0.39, 0.29) is 0 Å². The number of likely N-dealkylation sites (N-methyl/N-ethyl adjacent to an activating group) is 1. The molecule has 1 heterocycles. The van der Waals surface area contributed by atoms with Crippen molar-refractivity contribution in [3.63, 3.8) is 0 Å². The summed E-state index contributed by atoms with van der Waals surface area (Å²) in [4.78, 5) is 2.26. The standard InChI is InChI=1S/C18H21NO/c1-17(15-9-5-3-6-10-15)18(20,13-14-19(17)2)16-11-7-4-8-12-16/h3-12,20H,13-14H2,1-2H3/t17-,18+/m1/s1. The summed E-state index contributed by atoms with van der Waals surface area (Å²) in [5.74, 6) is 0. The minimum Gasteiger partial charge on any atom is -0.383 e. The highest BCUT2D eigenvalue weighted by Crippen LogP contribution is 2.50. The number of hydrogen-bond donors (Lipinski definition) is 1. The summed E-state index contributed by atoms with van der Waals surface area (Å²) >= 11 is 0. The van der Waals surface area contributed by atoms with Gasteiger partial charge in [-0.15, -0.1) is 0 Å². The molecule has 0 amide bonds. The molecule has 2 atom stereocenters. The maximum absolute atomic E-state index is 11.5. The van der Waals surface area contributed by atoms with Gasteiger partial charge in [-0.05, 0) is 31.5 Å². The van der Waals surface area contributed by atoms with Gasteiger partial charge in [0.2, 0.25) is 0 Å². The number of benzene rings is 2. The minimum absolute atomic E-state index is 0.407. The Morgan fingerprint density at radius 1 is 0.900 bits per heavy atom. The van der Waals surface area contributed by atoms with Crippen LogP contribution in [0, 0.1) is 0 Å². The van der Waals surface area contributed by atoms with Crippen molar-refractivity contribution >= 4 is 0 Å². The molecule has 2 aromatic rings. The average Bonchev–Trinajstić information content (AvgIpc) is 2.75. The van der Waals surface area contributed by atoms with Crippen LogP contribution in [0.4, 0.5) is 0 Å². The Hall–Kier alpha value is -1.64. The van der Waals surface area contributed by atoms with E-state index in [1.807, 2.05) is 48.5 Å². The zero-order valence-electron chi connectivity index (χ0n) is 12.1. The highest BCUT2D eigenvalue weighted by molar-refractivity contribution is 5.37. The molecule has 0 radical (unpaired) electrons. The van der Waals surface area contributed by atoms with Gasteiger partial charge in [0.05, 0.1) is 5.54 Å². The summed E-state index contributed by atoms with van der Waals surface area (Å²) in [6, 6.07) is 20.4. The van der Waals surface area contributed by atoms with Crippen molar-refractivity contribution in [2.45, 2.75) is 24.5 Å². The second kappa shape index (κ2) is 4.72. The van der Waals surface area contributed by atoms with Crippen LogP contribution in [0.3, 0.4) is 0 Å². The summed E-state index contributed by atoms with van der Waals surface area (Å²) in [7, 11) is 2.09. The van der Waals surface area contributed by atoms with E-state index in [2.05, 4.69) is 31.0 Å². The molecule has 0 bridgehead atoms. The van der Waals surface area contributed by atoms with Gasteiger partial charge in [0.25, 0.3) is 0 Å². The van der Waals surface area contributed by atoms with Crippen LogP contribution in [0.15, 0.2) is 60.7 Å². The Morgan fingerprint density at radius 2 is 1.40 bits per heavy atom. The third-order valence-electron chi connectivity index (χ3n) is 4.97. The molecule has 0 aliphatic carbocycles. The molecule has 1 fully saturated rings. The van der Waals surface area contributed by atoms with Crippen molar-refractivity contribution in [1.82, 2.24) is 4.90 Å². The third kappa shape index (κ3) is 1.72. The van der Waals surface area contributed by atoms with Gasteiger partial charge >= 0.3 is 0 Å². The molecule has 20 heavy (non-hydrogen) atoms. The van der Waals surface area contributed by atoms with Crippen LogP contribution in [-0.4, -0.2) is 23.6 Å². The maximum Gasteiger partial charge on any atom is 0.113 e. The molecule has 1 saturated heterocycles. The molecule has 1 N–H and O–H groups in total. The van der Waals surface area contributed by atoms with Crippen molar-refractivity contribution in [2.75, 3.05) is 13.6 Å². The number of nitrogens with zero attached hydrogens (tertiary/aromatic N) is 1. The molecular formula is C18H21NO. The molecule has 2 heteroatoms. The predicted octanol–water partition coefficient (Wildman–Crippen LogP) is 3.13. The van der Waals surface area contributed by atoms with Gasteiger partial charge in [-0.2, -0.15) is 0 Å². The quantitative estimate of drug-likeness (QED) is 0.903. The van der Waals surface area contributed by atoms with Gasteiger partial charge in [0.15, 0.2) is 0 Å². The zero-order valence-corrected chi connectivity index (χ0v) is 12.1. The lowest BCUT2D eigenvalue weighted by atomic mass is 9.72. The summed E-state index contributed by atoms with van der Waals surface area (Å²) < 4.78 is 0. The van der Waals surface area contributed by atoms with Crippen molar-refractivity contribution in [1.29, 1.82) is 0 Å². The lowest BCUT2D eigenvalue weighted by Gasteiger charge is -2.44. The molecule has 2 aromatic carbocycles. The first-order valence-corrected chi connectivity index (χ1v) is 7.14. The fourth-order valence-electron chi connectivity index (χ4n) is 3.47. The SMILES string of the molecule is CN1CC[C@](O)(c2ccccc2)[C@@]1(C)c1ccccc1. The topological polar surface area (TPSA) is 23.5 Å². The van der Waals surface area contributed by atoms with Crippen molar-refractivity contribution in [2.24, 2.45) is 0 Å². The number of hydrogen-bond acceptors (Lipinski definition) is 2. The van der Waals surface area contributed by atoms with Crippen molar-refractivity contribution in [3.8, 4) is 0 Å². The molecule has 3 rings (SSSR count). The van der Waals surface area contributed by atoms with E-state index in [1.165, 1.54) is 0 Å². The number of rotatable bonds is 2. The second-order valence-electron chi connectivity index (χ2n) is 5.84. The van der Waals surface area contributed by atoms with Crippen LogP contribution < -0.4 is 0 Å². The molecule has 0 aromatic heterocycles. The Morgan fingerprint density at radius 3 is 1.95 bits per heavy atom. The summed E-state index contributed by atoms with van der Waals surface area (Å²) in [6.45, 7) is 3.03. The maximum atomic E-state index is 11.5. The van der Waals surface area contributed by atoms with E-state index < -0.39 is 11.1 Å². The van der Waals surface area contributed by atoms with Gasteiger partial charge in [0.1, 0.15) is 5.60 Å². The highest BCUT2D eigenvalue weighted by atomic mass is 16.3. The first-order valence-electron chi connectivity index (χ1n) is 7.14. The fraction of sp³-hybridized carbons (Fsp3) is 0.333. The Balaban J connectivity index is 2.16. The van der Waals surface area contributed by atoms with Crippen LogP contribution in [0.2, 0.25) is 0 Å². The molecule has 0 unspecified atom stereocenters. The number of likely N-dealkylation sites (tertiary alicyclic amines) is 1.